The van der Waals surface area contributed by atoms with Crippen molar-refractivity contribution in [2.24, 2.45) is 0 Å². The molecule has 0 bridgehead atoms. The number of thioether (sulfide) groups is 1. The average Bonchev–Trinajstić information content (AvgIpc) is 3.10. The molecule has 0 fully saturated rings. The summed E-state index contributed by atoms with van der Waals surface area (Å²) >= 11 is 7.67. The summed E-state index contributed by atoms with van der Waals surface area (Å²) in [7, 11) is -2.19. The zero-order valence-electron chi connectivity index (χ0n) is 14.1. The van der Waals surface area contributed by atoms with Crippen LogP contribution in [-0.4, -0.2) is 36.2 Å². The van der Waals surface area contributed by atoms with Crippen LogP contribution in [-0.2, 0) is 16.6 Å². The van der Waals surface area contributed by atoms with Gasteiger partial charge in [-0.05, 0) is 42.7 Å². The fraction of sp³-hybridized carbons (Fsp3) is 0.176. The predicted molar refractivity (Wildman–Crippen MR) is 102 cm³/mol. The molecule has 9 heteroatoms. The van der Waals surface area contributed by atoms with Crippen LogP contribution < -0.4 is 0 Å². The van der Waals surface area contributed by atoms with Gasteiger partial charge in [0.25, 0.3) is 0 Å². The van der Waals surface area contributed by atoms with E-state index in [1.54, 1.807) is 54.2 Å². The normalized spacial score (nSPS) is 11.8. The van der Waals surface area contributed by atoms with Crippen LogP contribution in [0.1, 0.15) is 5.89 Å². The van der Waals surface area contributed by atoms with E-state index in [-0.39, 0.29) is 17.3 Å². The zero-order valence-corrected chi connectivity index (χ0v) is 16.5. The lowest BCUT2D eigenvalue weighted by Gasteiger charge is -2.15. The molecular formula is C17H16ClN3O3S2. The fourth-order valence-corrected chi connectivity index (χ4v) is 4.02. The Hall–Kier alpha value is -1.87. The number of hydrogen-bond donors (Lipinski definition) is 0. The first-order valence-electron chi connectivity index (χ1n) is 7.59. The van der Waals surface area contributed by atoms with Crippen LogP contribution in [0.3, 0.4) is 0 Å². The fourth-order valence-electron chi connectivity index (χ4n) is 2.27. The maximum Gasteiger partial charge on any atom is 0.243 e. The lowest BCUT2D eigenvalue weighted by molar-refractivity contribution is 0.337. The van der Waals surface area contributed by atoms with Crippen molar-refractivity contribution >= 4 is 33.4 Å². The monoisotopic (exact) mass is 409 g/mol. The Morgan fingerprint density at radius 3 is 2.50 bits per heavy atom. The number of sulfonamides is 1. The van der Waals surface area contributed by atoms with Gasteiger partial charge in [0.2, 0.25) is 21.7 Å². The molecular weight excluding hydrogens is 394 g/mol. The molecule has 0 saturated carbocycles. The van der Waals surface area contributed by atoms with Gasteiger partial charge in [0.1, 0.15) is 0 Å². The van der Waals surface area contributed by atoms with E-state index in [1.165, 1.54) is 11.4 Å². The van der Waals surface area contributed by atoms with E-state index < -0.39 is 10.0 Å². The smallest absolute Gasteiger partial charge is 0.243 e. The van der Waals surface area contributed by atoms with Crippen molar-refractivity contribution < 1.29 is 12.9 Å². The molecule has 0 unspecified atom stereocenters. The summed E-state index contributed by atoms with van der Waals surface area (Å²) in [4.78, 5) is 5.45. The van der Waals surface area contributed by atoms with Crippen molar-refractivity contribution in [3.8, 4) is 11.4 Å². The van der Waals surface area contributed by atoms with Crippen molar-refractivity contribution in [3.05, 3.63) is 59.4 Å². The van der Waals surface area contributed by atoms with Crippen LogP contribution in [0.25, 0.3) is 11.4 Å². The van der Waals surface area contributed by atoms with Gasteiger partial charge in [-0.1, -0.05) is 28.9 Å². The zero-order chi connectivity index (χ0) is 18.7. The molecule has 0 amide bonds. The van der Waals surface area contributed by atoms with Crippen molar-refractivity contribution in [3.63, 3.8) is 0 Å². The van der Waals surface area contributed by atoms with Gasteiger partial charge in [-0.25, -0.2) is 8.42 Å². The Morgan fingerprint density at radius 1 is 1.15 bits per heavy atom. The molecule has 0 atom stereocenters. The molecule has 0 aliphatic heterocycles. The van der Waals surface area contributed by atoms with Gasteiger partial charge < -0.3 is 4.52 Å². The molecule has 136 valence electrons. The summed E-state index contributed by atoms with van der Waals surface area (Å²) in [6, 6.07) is 13.8. The molecule has 1 aromatic heterocycles. The van der Waals surface area contributed by atoms with Crippen LogP contribution in [0.15, 0.2) is 62.8 Å². The molecule has 0 N–H and O–H groups in total. The van der Waals surface area contributed by atoms with Crippen molar-refractivity contribution in [1.82, 2.24) is 14.4 Å². The van der Waals surface area contributed by atoms with Crippen molar-refractivity contribution in [2.45, 2.75) is 16.3 Å². The lowest BCUT2D eigenvalue weighted by Crippen LogP contribution is -2.26. The van der Waals surface area contributed by atoms with Gasteiger partial charge in [0.05, 0.1) is 16.5 Å². The van der Waals surface area contributed by atoms with E-state index in [9.17, 15) is 8.42 Å². The Kier molecular flexibility index (Phi) is 5.67. The third-order valence-electron chi connectivity index (χ3n) is 3.71. The third-order valence-corrected chi connectivity index (χ3v) is 6.60. The summed E-state index contributed by atoms with van der Waals surface area (Å²) in [6.07, 6.45) is 1.93. The molecule has 26 heavy (non-hydrogen) atoms. The first kappa shape index (κ1) is 18.9. The van der Waals surface area contributed by atoms with Crippen LogP contribution in [0.2, 0.25) is 5.02 Å². The average molecular weight is 410 g/mol. The maximum absolute atomic E-state index is 12.7. The number of rotatable bonds is 6. The summed E-state index contributed by atoms with van der Waals surface area (Å²) in [6.45, 7) is -0.0376. The van der Waals surface area contributed by atoms with Crippen LogP contribution in [0.4, 0.5) is 0 Å². The molecule has 3 rings (SSSR count). The first-order valence-corrected chi connectivity index (χ1v) is 10.6. The Morgan fingerprint density at radius 2 is 1.85 bits per heavy atom. The van der Waals surface area contributed by atoms with Gasteiger partial charge in [-0.15, -0.1) is 11.8 Å². The second kappa shape index (κ2) is 7.79. The molecule has 0 aliphatic carbocycles. The lowest BCUT2D eigenvalue weighted by atomic mass is 10.2. The van der Waals surface area contributed by atoms with Crippen LogP contribution in [0.5, 0.6) is 0 Å². The molecule has 0 saturated heterocycles. The molecule has 1 heterocycles. The number of halogens is 1. The number of nitrogens with zero attached hydrogens (tertiary/aromatic N) is 3. The molecule has 0 aliphatic rings. The minimum atomic E-state index is -3.66. The summed E-state index contributed by atoms with van der Waals surface area (Å²) in [5.74, 6) is 0.507. The maximum atomic E-state index is 12.7. The molecule has 0 spiro atoms. The number of hydrogen-bond acceptors (Lipinski definition) is 6. The first-order chi connectivity index (χ1) is 12.4. The topological polar surface area (TPSA) is 76.3 Å². The molecule has 3 aromatic rings. The van der Waals surface area contributed by atoms with E-state index >= 15 is 0 Å². The highest BCUT2D eigenvalue weighted by Crippen LogP contribution is 2.26. The van der Waals surface area contributed by atoms with E-state index in [0.29, 0.717) is 16.4 Å². The number of benzene rings is 2. The minimum Gasteiger partial charge on any atom is -0.338 e. The summed E-state index contributed by atoms with van der Waals surface area (Å²) in [5, 5.41) is 4.38. The Balaban J connectivity index is 1.79. The second-order valence-electron chi connectivity index (χ2n) is 5.43. The largest absolute Gasteiger partial charge is 0.338 e. The third kappa shape index (κ3) is 3.93. The second-order valence-corrected chi connectivity index (χ2v) is 8.76. The highest BCUT2D eigenvalue weighted by atomic mass is 35.5. The Labute approximate surface area is 161 Å². The quantitative estimate of drug-likeness (QED) is 0.574. The van der Waals surface area contributed by atoms with Crippen LogP contribution >= 0.6 is 23.4 Å². The van der Waals surface area contributed by atoms with Crippen molar-refractivity contribution in [2.75, 3.05) is 13.3 Å². The van der Waals surface area contributed by atoms with E-state index in [0.717, 1.165) is 4.90 Å². The van der Waals surface area contributed by atoms with Crippen LogP contribution in [0, 0.1) is 0 Å². The van der Waals surface area contributed by atoms with Gasteiger partial charge in [0.15, 0.2) is 0 Å². The van der Waals surface area contributed by atoms with Gasteiger partial charge >= 0.3 is 0 Å². The standard InChI is InChI=1S/C17H16ClN3O3S2/c1-21(26(22,23)13-9-7-12(25-2)8-10-13)11-16-19-17(20-24-16)14-5-3-4-6-15(14)18/h3-10H,11H2,1-2H3. The molecule has 2 aromatic carbocycles. The number of aromatic nitrogens is 2. The highest BCUT2D eigenvalue weighted by molar-refractivity contribution is 7.98. The molecule has 6 nitrogen and oxygen atoms in total. The van der Waals surface area contributed by atoms with E-state index in [2.05, 4.69) is 10.1 Å². The van der Waals surface area contributed by atoms with Gasteiger partial charge in [0, 0.05) is 17.5 Å². The van der Waals surface area contributed by atoms with Gasteiger partial charge in [-0.2, -0.15) is 9.29 Å². The van der Waals surface area contributed by atoms with E-state index in [1.807, 2.05) is 12.3 Å². The summed E-state index contributed by atoms with van der Waals surface area (Å²) in [5.41, 5.74) is 0.627. The Bertz CT molecular complexity index is 1000. The SMILES string of the molecule is CSc1ccc(S(=O)(=O)N(C)Cc2nc(-c3ccccc3Cl)no2)cc1. The minimum absolute atomic E-state index is 0.0376. The van der Waals surface area contributed by atoms with Gasteiger partial charge in [-0.3, -0.25) is 0 Å². The highest BCUT2D eigenvalue weighted by Gasteiger charge is 2.23. The molecule has 0 radical (unpaired) electrons. The predicted octanol–water partition coefficient (Wildman–Crippen LogP) is 3.93. The van der Waals surface area contributed by atoms with E-state index in [4.69, 9.17) is 16.1 Å². The summed E-state index contributed by atoms with van der Waals surface area (Å²) < 4.78 is 31.7. The van der Waals surface area contributed by atoms with Crippen molar-refractivity contribution in [1.29, 1.82) is 0 Å².